The van der Waals surface area contributed by atoms with Gasteiger partial charge < -0.3 is 23.6 Å². The van der Waals surface area contributed by atoms with Gasteiger partial charge in [-0.1, -0.05) is 111 Å². The highest BCUT2D eigenvalue weighted by Crippen LogP contribution is 2.67. The molecule has 1 N–H and O–H groups in total. The fraction of sp³-hybridized carbons (Fsp3) is 0.898. The number of carbonyl (C=O) groups excluding carboxylic acids is 3. The SMILES string of the molecule is CCCCCCCCCC(=O)OC(COC(=O)CCC(=O)OC1CC[C@]2(C)C(=CC[C@@H]3[C@H]4CC[C@@H]([C@@H](C)CCCC(C)C)[C@]4(C)CC[C@H]32)C1)COP(=O)(O)OCC[N+](C)(C)C. The Labute approximate surface area is 370 Å². The molecule has 0 aliphatic heterocycles. The molecule has 3 unspecified atom stereocenters. The number of phosphoric acid groups is 1. The van der Waals surface area contributed by atoms with Crippen molar-refractivity contribution in [1.82, 2.24) is 0 Å². The van der Waals surface area contributed by atoms with Crippen LogP contribution in [0.3, 0.4) is 0 Å². The lowest BCUT2D eigenvalue weighted by Gasteiger charge is -2.58. The second-order valence-corrected chi connectivity index (χ2v) is 22.9. The summed E-state index contributed by atoms with van der Waals surface area (Å²) in [6.07, 6.45) is 21.5. The Balaban J connectivity index is 1.23. The molecule has 10 atom stereocenters. The zero-order valence-corrected chi connectivity index (χ0v) is 40.8. The lowest BCUT2D eigenvalue weighted by atomic mass is 9.47. The van der Waals surface area contributed by atoms with Crippen molar-refractivity contribution < 1.29 is 51.6 Å². The largest absolute Gasteiger partial charge is 0.472 e. The quantitative estimate of drug-likeness (QED) is 0.0212. The third-order valence-electron chi connectivity index (χ3n) is 15.2. The molecule has 4 rings (SSSR count). The van der Waals surface area contributed by atoms with E-state index in [1.807, 2.05) is 21.1 Å². The molecule has 0 aromatic carbocycles. The fourth-order valence-electron chi connectivity index (χ4n) is 11.7. The molecule has 0 aromatic rings. The summed E-state index contributed by atoms with van der Waals surface area (Å²) in [6.45, 7) is 14.1. The van der Waals surface area contributed by atoms with Gasteiger partial charge >= 0.3 is 25.7 Å². The predicted molar refractivity (Wildman–Crippen MR) is 240 cm³/mol. The Hall–Kier alpha value is -1.78. The maximum atomic E-state index is 13.1. The van der Waals surface area contributed by atoms with E-state index in [1.54, 1.807) is 0 Å². The summed E-state index contributed by atoms with van der Waals surface area (Å²) >= 11 is 0. The van der Waals surface area contributed by atoms with E-state index in [-0.39, 0.29) is 44.0 Å². The number of esters is 3. The Morgan fingerprint density at radius 2 is 1.52 bits per heavy atom. The van der Waals surface area contributed by atoms with Crippen molar-refractivity contribution in [2.24, 2.45) is 46.3 Å². The van der Waals surface area contributed by atoms with Crippen LogP contribution in [0.1, 0.15) is 176 Å². The molecule has 3 saturated carbocycles. The van der Waals surface area contributed by atoms with Crippen molar-refractivity contribution in [3.63, 3.8) is 0 Å². The van der Waals surface area contributed by atoms with Gasteiger partial charge in [-0.15, -0.1) is 0 Å². The molecule has 0 heterocycles. The van der Waals surface area contributed by atoms with Gasteiger partial charge in [-0.3, -0.25) is 23.4 Å². The topological polar surface area (TPSA) is 135 Å². The van der Waals surface area contributed by atoms with E-state index in [9.17, 15) is 23.8 Å². The highest BCUT2D eigenvalue weighted by molar-refractivity contribution is 7.47. The van der Waals surface area contributed by atoms with E-state index in [1.165, 1.54) is 69.8 Å². The number of ether oxygens (including phenoxy) is 3. The van der Waals surface area contributed by atoms with Crippen LogP contribution in [0.5, 0.6) is 0 Å². The third-order valence-corrected chi connectivity index (χ3v) is 16.2. The van der Waals surface area contributed by atoms with Crippen molar-refractivity contribution >= 4 is 25.7 Å². The van der Waals surface area contributed by atoms with E-state index in [2.05, 4.69) is 47.6 Å². The molecule has 0 spiro atoms. The first-order valence-corrected chi connectivity index (χ1v) is 25.9. The number of likely N-dealkylation sites (N-methyl/N-ethyl adjacent to an activating group) is 1. The summed E-state index contributed by atoms with van der Waals surface area (Å²) in [6, 6.07) is 0. The molecule has 4 aliphatic carbocycles. The first kappa shape index (κ1) is 51.9. The number of hydrogen-bond donors (Lipinski definition) is 1. The highest BCUT2D eigenvalue weighted by atomic mass is 31.2. The standard InChI is InChI=1S/C49H86NO10P/c1-10-11-12-13-14-15-16-20-46(52)60-40(35-58-61(54,55)57-32-31-50(7,8)9)34-56-45(51)25-26-47(53)59-39-27-29-48(5)38(33-39)21-22-41-43-24-23-42(37(4)19-17-18-36(2)3)49(43,6)30-28-44(41)48/h21,36-37,39-44H,10-20,22-35H2,1-9H3/p+1/t37-,39?,40?,41+,42-,43+,44+,48+,49-/m0/s1. The summed E-state index contributed by atoms with van der Waals surface area (Å²) in [5, 5.41) is 0. The molecule has 352 valence electrons. The van der Waals surface area contributed by atoms with Crippen LogP contribution in [-0.4, -0.2) is 87.0 Å². The minimum atomic E-state index is -4.45. The normalized spacial score (nSPS) is 29.4. The lowest BCUT2D eigenvalue weighted by Crippen LogP contribution is -2.51. The Kier molecular flexibility index (Phi) is 20.4. The molecule has 0 radical (unpaired) electrons. The van der Waals surface area contributed by atoms with Crippen LogP contribution in [0, 0.1) is 46.3 Å². The number of allylic oxidation sites excluding steroid dienone is 1. The molecular weight excluding hydrogens is 794 g/mol. The maximum Gasteiger partial charge on any atom is 0.472 e. The first-order chi connectivity index (χ1) is 28.8. The van der Waals surface area contributed by atoms with Gasteiger partial charge in [-0.05, 0) is 97.7 Å². The number of phosphoric ester groups is 1. The van der Waals surface area contributed by atoms with Gasteiger partial charge in [0, 0.05) is 12.8 Å². The minimum absolute atomic E-state index is 0.0114. The van der Waals surface area contributed by atoms with Crippen LogP contribution in [0.2, 0.25) is 0 Å². The van der Waals surface area contributed by atoms with Gasteiger partial charge in [0.05, 0.1) is 40.6 Å². The molecule has 12 heteroatoms. The first-order valence-electron chi connectivity index (χ1n) is 24.4. The molecule has 0 saturated heterocycles. The molecule has 61 heavy (non-hydrogen) atoms. The average Bonchev–Trinajstić information content (AvgIpc) is 3.54. The zero-order valence-electron chi connectivity index (χ0n) is 39.9. The maximum absolute atomic E-state index is 13.1. The zero-order chi connectivity index (χ0) is 44.8. The molecule has 4 aliphatic rings. The Bertz CT molecular complexity index is 1480. The van der Waals surface area contributed by atoms with E-state index >= 15 is 0 Å². The molecule has 0 bridgehead atoms. The summed E-state index contributed by atoms with van der Waals surface area (Å²) in [5.74, 6) is 3.05. The second kappa shape index (κ2) is 23.9. The number of carbonyl (C=O) groups is 3. The van der Waals surface area contributed by atoms with Gasteiger partial charge in [0.15, 0.2) is 6.10 Å². The Morgan fingerprint density at radius 1 is 0.820 bits per heavy atom. The van der Waals surface area contributed by atoms with Crippen LogP contribution in [0.4, 0.5) is 0 Å². The van der Waals surface area contributed by atoms with Gasteiger partial charge in [-0.2, -0.15) is 0 Å². The second-order valence-electron chi connectivity index (χ2n) is 21.4. The molecular formula is C49H87NO10P+. The van der Waals surface area contributed by atoms with Crippen LogP contribution >= 0.6 is 7.82 Å². The number of fused-ring (bicyclic) bond motifs is 5. The van der Waals surface area contributed by atoms with Crippen LogP contribution in [-0.2, 0) is 42.2 Å². The summed E-state index contributed by atoms with van der Waals surface area (Å²) in [4.78, 5) is 48.8. The number of unbranched alkanes of at least 4 members (excludes halogenated alkanes) is 6. The monoisotopic (exact) mass is 881 g/mol. The van der Waals surface area contributed by atoms with Crippen LogP contribution in [0.25, 0.3) is 0 Å². The summed E-state index contributed by atoms with van der Waals surface area (Å²) < 4.78 is 40.3. The van der Waals surface area contributed by atoms with E-state index < -0.39 is 38.4 Å². The van der Waals surface area contributed by atoms with Gasteiger partial charge in [0.25, 0.3) is 0 Å². The highest BCUT2D eigenvalue weighted by Gasteiger charge is 2.59. The summed E-state index contributed by atoms with van der Waals surface area (Å²) in [7, 11) is 1.33. The number of quaternary nitrogens is 1. The predicted octanol–water partition coefficient (Wildman–Crippen LogP) is 11.2. The number of rotatable bonds is 27. The van der Waals surface area contributed by atoms with E-state index in [0.717, 1.165) is 74.5 Å². The average molecular weight is 881 g/mol. The van der Waals surface area contributed by atoms with Crippen molar-refractivity contribution in [3.8, 4) is 0 Å². The van der Waals surface area contributed by atoms with Gasteiger partial charge in [-0.25, -0.2) is 4.57 Å². The van der Waals surface area contributed by atoms with Crippen molar-refractivity contribution in [2.75, 3.05) is 47.5 Å². The number of hydrogen-bond acceptors (Lipinski definition) is 9. The smallest absolute Gasteiger partial charge is 0.462 e. The van der Waals surface area contributed by atoms with E-state index in [0.29, 0.717) is 28.8 Å². The third kappa shape index (κ3) is 16.0. The van der Waals surface area contributed by atoms with Gasteiger partial charge in [0.1, 0.15) is 25.9 Å². The van der Waals surface area contributed by atoms with Gasteiger partial charge in [0.2, 0.25) is 0 Å². The minimum Gasteiger partial charge on any atom is -0.462 e. The fourth-order valence-corrected chi connectivity index (χ4v) is 12.4. The van der Waals surface area contributed by atoms with Crippen LogP contribution in [0.15, 0.2) is 11.6 Å². The molecule has 11 nitrogen and oxygen atoms in total. The van der Waals surface area contributed by atoms with Crippen LogP contribution < -0.4 is 0 Å². The van der Waals surface area contributed by atoms with Crippen molar-refractivity contribution in [1.29, 1.82) is 0 Å². The van der Waals surface area contributed by atoms with Crippen molar-refractivity contribution in [3.05, 3.63) is 11.6 Å². The Morgan fingerprint density at radius 3 is 2.23 bits per heavy atom. The molecule has 0 amide bonds. The van der Waals surface area contributed by atoms with Crippen molar-refractivity contribution in [2.45, 2.75) is 189 Å². The van der Waals surface area contributed by atoms with E-state index in [4.69, 9.17) is 23.3 Å². The number of nitrogens with zero attached hydrogens (tertiary/aromatic N) is 1. The summed E-state index contributed by atoms with van der Waals surface area (Å²) in [5.41, 5.74) is 2.06. The molecule has 3 fully saturated rings. The molecule has 0 aromatic heterocycles. The lowest BCUT2D eigenvalue weighted by molar-refractivity contribution is -0.870.